The molecule has 0 radical (unpaired) electrons. The van der Waals surface area contributed by atoms with E-state index in [1.165, 1.54) is 0 Å². The van der Waals surface area contributed by atoms with E-state index in [9.17, 15) is 14.7 Å². The molecule has 0 aromatic heterocycles. The number of benzene rings is 1. The quantitative estimate of drug-likeness (QED) is 0.819. The Balaban J connectivity index is 1.62. The third kappa shape index (κ3) is 4.20. The average Bonchev–Trinajstić information content (AvgIpc) is 2.63. The standard InChI is InChI=1S/C19H25N3O3/c1-21-10-12-22(13-11-21)15-8-6-14(7-9-15)20-18(23)16-4-2-3-5-17(16)19(24)25/h2-3,6-9,16-17H,4-5,10-13H2,1H3,(H,20,23)(H,24,25). The van der Waals surface area contributed by atoms with E-state index >= 15 is 0 Å². The Labute approximate surface area is 148 Å². The number of allylic oxidation sites excluding steroid dienone is 2. The third-order valence-electron chi connectivity index (χ3n) is 5.09. The Bertz CT molecular complexity index is 648. The van der Waals surface area contributed by atoms with Gasteiger partial charge in [0.25, 0.3) is 0 Å². The zero-order chi connectivity index (χ0) is 17.8. The van der Waals surface area contributed by atoms with Crippen molar-refractivity contribution in [1.82, 2.24) is 4.90 Å². The van der Waals surface area contributed by atoms with Crippen LogP contribution in [0.5, 0.6) is 0 Å². The van der Waals surface area contributed by atoms with E-state index in [-0.39, 0.29) is 5.91 Å². The Morgan fingerprint density at radius 1 is 1.00 bits per heavy atom. The molecule has 1 amide bonds. The number of amides is 1. The number of rotatable bonds is 4. The number of carboxylic acids is 1. The molecular weight excluding hydrogens is 318 g/mol. The van der Waals surface area contributed by atoms with Crippen LogP contribution < -0.4 is 10.2 Å². The summed E-state index contributed by atoms with van der Waals surface area (Å²) in [5.74, 6) is -2.28. The van der Waals surface area contributed by atoms with Gasteiger partial charge in [-0.2, -0.15) is 0 Å². The summed E-state index contributed by atoms with van der Waals surface area (Å²) in [5.41, 5.74) is 1.86. The predicted octanol–water partition coefficient (Wildman–Crippen LogP) is 2.04. The normalized spacial score (nSPS) is 24.1. The molecule has 0 spiro atoms. The fraction of sp³-hybridized carbons (Fsp3) is 0.474. The summed E-state index contributed by atoms with van der Waals surface area (Å²) >= 11 is 0. The second-order valence-corrected chi connectivity index (χ2v) is 6.82. The van der Waals surface area contributed by atoms with Gasteiger partial charge in [0.1, 0.15) is 0 Å². The van der Waals surface area contributed by atoms with Crippen LogP contribution in [-0.4, -0.2) is 55.1 Å². The van der Waals surface area contributed by atoms with Crippen molar-refractivity contribution in [3.05, 3.63) is 36.4 Å². The average molecular weight is 343 g/mol. The SMILES string of the molecule is CN1CCN(c2ccc(NC(=O)C3CC=CCC3C(=O)O)cc2)CC1. The highest BCUT2D eigenvalue weighted by molar-refractivity contribution is 5.95. The van der Waals surface area contributed by atoms with E-state index in [4.69, 9.17) is 0 Å². The fourth-order valence-corrected chi connectivity index (χ4v) is 3.43. The zero-order valence-electron chi connectivity index (χ0n) is 14.5. The molecule has 6 heteroatoms. The summed E-state index contributed by atoms with van der Waals surface area (Å²) in [4.78, 5) is 28.5. The van der Waals surface area contributed by atoms with Crippen molar-refractivity contribution in [3.63, 3.8) is 0 Å². The van der Waals surface area contributed by atoms with E-state index in [1.54, 1.807) is 0 Å². The minimum Gasteiger partial charge on any atom is -0.481 e. The van der Waals surface area contributed by atoms with Gasteiger partial charge in [-0.05, 0) is 44.2 Å². The van der Waals surface area contributed by atoms with Crippen LogP contribution in [0.2, 0.25) is 0 Å². The highest BCUT2D eigenvalue weighted by Crippen LogP contribution is 2.27. The molecule has 1 aromatic rings. The minimum atomic E-state index is -0.907. The van der Waals surface area contributed by atoms with Gasteiger partial charge in [0, 0.05) is 37.6 Å². The lowest BCUT2D eigenvalue weighted by molar-refractivity contribution is -0.146. The summed E-state index contributed by atoms with van der Waals surface area (Å²) in [7, 11) is 2.13. The predicted molar refractivity (Wildman–Crippen MR) is 97.8 cm³/mol. The van der Waals surface area contributed by atoms with E-state index in [0.29, 0.717) is 18.5 Å². The number of hydrogen-bond donors (Lipinski definition) is 2. The Hall–Kier alpha value is -2.34. The topological polar surface area (TPSA) is 72.9 Å². The highest BCUT2D eigenvalue weighted by Gasteiger charge is 2.33. The lowest BCUT2D eigenvalue weighted by Gasteiger charge is -2.34. The number of anilines is 2. The molecule has 1 aliphatic carbocycles. The van der Waals surface area contributed by atoms with Gasteiger partial charge in [-0.15, -0.1) is 0 Å². The second-order valence-electron chi connectivity index (χ2n) is 6.82. The Kier molecular flexibility index (Phi) is 5.38. The number of nitrogens with one attached hydrogen (secondary N) is 1. The number of piperazine rings is 1. The molecule has 2 aliphatic rings. The number of likely N-dealkylation sites (N-methyl/N-ethyl adjacent to an activating group) is 1. The molecule has 1 fully saturated rings. The van der Waals surface area contributed by atoms with Crippen LogP contribution in [0.1, 0.15) is 12.8 Å². The summed E-state index contributed by atoms with van der Waals surface area (Å²) < 4.78 is 0. The van der Waals surface area contributed by atoms with Crippen molar-refractivity contribution < 1.29 is 14.7 Å². The zero-order valence-corrected chi connectivity index (χ0v) is 14.5. The maximum Gasteiger partial charge on any atom is 0.307 e. The van der Waals surface area contributed by atoms with Gasteiger partial charge in [-0.1, -0.05) is 12.2 Å². The molecule has 6 nitrogen and oxygen atoms in total. The van der Waals surface area contributed by atoms with Gasteiger partial charge in [-0.3, -0.25) is 9.59 Å². The molecule has 1 aromatic carbocycles. The first kappa shape index (κ1) is 17.5. The fourth-order valence-electron chi connectivity index (χ4n) is 3.43. The number of carbonyl (C=O) groups excluding carboxylic acids is 1. The first-order chi connectivity index (χ1) is 12.0. The van der Waals surface area contributed by atoms with Crippen molar-refractivity contribution in [2.24, 2.45) is 11.8 Å². The van der Waals surface area contributed by atoms with E-state index in [1.807, 2.05) is 36.4 Å². The summed E-state index contributed by atoms with van der Waals surface area (Å²) in [6, 6.07) is 7.80. The first-order valence-electron chi connectivity index (χ1n) is 8.77. The summed E-state index contributed by atoms with van der Waals surface area (Å²) in [6.45, 7) is 4.09. The van der Waals surface area contributed by atoms with Crippen LogP contribution in [0.25, 0.3) is 0 Å². The molecule has 0 bridgehead atoms. The van der Waals surface area contributed by atoms with Gasteiger partial charge in [-0.25, -0.2) is 0 Å². The largest absolute Gasteiger partial charge is 0.481 e. The molecule has 2 atom stereocenters. The molecule has 0 saturated carbocycles. The molecule has 25 heavy (non-hydrogen) atoms. The number of carbonyl (C=O) groups is 2. The smallest absolute Gasteiger partial charge is 0.307 e. The molecule has 2 N–H and O–H groups in total. The molecular formula is C19H25N3O3. The lowest BCUT2D eigenvalue weighted by atomic mass is 9.82. The molecule has 3 rings (SSSR count). The van der Waals surface area contributed by atoms with Crippen LogP contribution in [0, 0.1) is 11.8 Å². The van der Waals surface area contributed by atoms with Crippen LogP contribution in [0.15, 0.2) is 36.4 Å². The van der Waals surface area contributed by atoms with Crippen molar-refractivity contribution >= 4 is 23.3 Å². The maximum atomic E-state index is 12.5. The minimum absolute atomic E-state index is 0.218. The van der Waals surface area contributed by atoms with Crippen molar-refractivity contribution in [1.29, 1.82) is 0 Å². The molecule has 2 unspecified atom stereocenters. The Morgan fingerprint density at radius 3 is 2.20 bits per heavy atom. The molecule has 1 heterocycles. The second kappa shape index (κ2) is 7.70. The van der Waals surface area contributed by atoms with Crippen molar-refractivity contribution in [3.8, 4) is 0 Å². The lowest BCUT2D eigenvalue weighted by Crippen LogP contribution is -2.44. The monoisotopic (exact) mass is 343 g/mol. The number of carboxylic acid groups (broad SMARTS) is 1. The molecule has 134 valence electrons. The number of hydrogen-bond acceptors (Lipinski definition) is 4. The van der Waals surface area contributed by atoms with Crippen LogP contribution in [0.3, 0.4) is 0 Å². The molecule has 1 saturated heterocycles. The first-order valence-corrected chi connectivity index (χ1v) is 8.77. The van der Waals surface area contributed by atoms with E-state index in [0.717, 1.165) is 31.9 Å². The summed E-state index contributed by atoms with van der Waals surface area (Å²) in [5, 5.41) is 12.2. The highest BCUT2D eigenvalue weighted by atomic mass is 16.4. The molecule has 1 aliphatic heterocycles. The number of aliphatic carboxylic acids is 1. The van der Waals surface area contributed by atoms with Gasteiger partial charge >= 0.3 is 5.97 Å². The number of nitrogens with zero attached hydrogens (tertiary/aromatic N) is 2. The van der Waals surface area contributed by atoms with Crippen molar-refractivity contribution in [2.45, 2.75) is 12.8 Å². The van der Waals surface area contributed by atoms with Crippen LogP contribution in [-0.2, 0) is 9.59 Å². The van der Waals surface area contributed by atoms with Crippen LogP contribution >= 0.6 is 0 Å². The van der Waals surface area contributed by atoms with Gasteiger partial charge in [0.2, 0.25) is 5.91 Å². The van der Waals surface area contributed by atoms with Gasteiger partial charge in [0.15, 0.2) is 0 Å². The summed E-state index contributed by atoms with van der Waals surface area (Å²) in [6.07, 6.45) is 4.62. The van der Waals surface area contributed by atoms with E-state index in [2.05, 4.69) is 22.2 Å². The third-order valence-corrected chi connectivity index (χ3v) is 5.09. The van der Waals surface area contributed by atoms with Crippen molar-refractivity contribution in [2.75, 3.05) is 43.4 Å². The van der Waals surface area contributed by atoms with Gasteiger partial charge in [0.05, 0.1) is 11.8 Å². The maximum absolute atomic E-state index is 12.5. The van der Waals surface area contributed by atoms with Gasteiger partial charge < -0.3 is 20.2 Å². The van der Waals surface area contributed by atoms with E-state index < -0.39 is 17.8 Å². The van der Waals surface area contributed by atoms with Crippen LogP contribution in [0.4, 0.5) is 11.4 Å². The Morgan fingerprint density at radius 2 is 1.60 bits per heavy atom.